The summed E-state index contributed by atoms with van der Waals surface area (Å²) in [6.07, 6.45) is 0. The molecule has 1 amide bonds. The Bertz CT molecular complexity index is 600. The predicted octanol–water partition coefficient (Wildman–Crippen LogP) is 2.44. The lowest BCUT2D eigenvalue weighted by Crippen LogP contribution is -2.13. The Morgan fingerprint density at radius 1 is 1.50 bits per heavy atom. The van der Waals surface area contributed by atoms with Crippen LogP contribution in [0.5, 0.6) is 0 Å². The van der Waals surface area contributed by atoms with Crippen molar-refractivity contribution in [3.63, 3.8) is 0 Å². The van der Waals surface area contributed by atoms with Crippen LogP contribution in [0.25, 0.3) is 0 Å². The zero-order valence-corrected chi connectivity index (χ0v) is 9.61. The van der Waals surface area contributed by atoms with Crippen molar-refractivity contribution in [3.8, 4) is 0 Å². The number of halogens is 1. The van der Waals surface area contributed by atoms with Crippen LogP contribution in [-0.4, -0.2) is 15.8 Å². The molecule has 1 aromatic heterocycles. The monoisotopic (exact) mass is 267 g/mol. The fourth-order valence-electron chi connectivity index (χ4n) is 1.23. The van der Waals surface area contributed by atoms with Gasteiger partial charge in [0.2, 0.25) is 0 Å². The number of non-ortho nitro benzene ring substituents is 1. The number of benzene rings is 1. The standard InChI is InChI=1S/C10H6FN3O3S/c11-7-2-1-6(14(16)17)3-8(7)13-10(15)9-4-18-5-12-9/h1-5H,(H,13,15). The van der Waals surface area contributed by atoms with Gasteiger partial charge in [0.1, 0.15) is 11.5 Å². The van der Waals surface area contributed by atoms with Gasteiger partial charge in [0.25, 0.3) is 11.6 Å². The molecule has 18 heavy (non-hydrogen) atoms. The molecule has 0 aliphatic carbocycles. The average Bonchev–Trinajstić information content (AvgIpc) is 2.85. The second-order valence-corrected chi connectivity index (χ2v) is 3.97. The molecule has 1 heterocycles. The number of nitro benzene ring substituents is 1. The van der Waals surface area contributed by atoms with Crippen molar-refractivity contribution in [1.29, 1.82) is 0 Å². The third kappa shape index (κ3) is 2.48. The molecule has 0 saturated carbocycles. The summed E-state index contributed by atoms with van der Waals surface area (Å²) in [6, 6.07) is 2.90. The molecule has 0 bridgehead atoms. The molecule has 2 rings (SSSR count). The Morgan fingerprint density at radius 3 is 2.89 bits per heavy atom. The molecule has 0 spiro atoms. The Morgan fingerprint density at radius 2 is 2.28 bits per heavy atom. The molecule has 92 valence electrons. The van der Waals surface area contributed by atoms with Crippen molar-refractivity contribution < 1.29 is 14.1 Å². The molecule has 0 radical (unpaired) electrons. The first kappa shape index (κ1) is 12.1. The molecule has 1 N–H and O–H groups in total. The summed E-state index contributed by atoms with van der Waals surface area (Å²) in [5, 5.41) is 14.3. The van der Waals surface area contributed by atoms with Crippen LogP contribution in [0.2, 0.25) is 0 Å². The van der Waals surface area contributed by atoms with Crippen molar-refractivity contribution in [3.05, 3.63) is 50.7 Å². The number of anilines is 1. The highest BCUT2D eigenvalue weighted by atomic mass is 32.1. The van der Waals surface area contributed by atoms with Gasteiger partial charge in [0.05, 0.1) is 16.1 Å². The number of rotatable bonds is 3. The summed E-state index contributed by atoms with van der Waals surface area (Å²) < 4.78 is 13.4. The fourth-order valence-corrected chi connectivity index (χ4v) is 1.77. The Balaban J connectivity index is 2.26. The van der Waals surface area contributed by atoms with Crippen LogP contribution >= 0.6 is 11.3 Å². The van der Waals surface area contributed by atoms with E-state index < -0.39 is 16.6 Å². The summed E-state index contributed by atoms with van der Waals surface area (Å²) in [7, 11) is 0. The molecule has 0 saturated heterocycles. The summed E-state index contributed by atoms with van der Waals surface area (Å²) in [5.41, 5.74) is 1.04. The molecule has 0 aliphatic rings. The number of aromatic nitrogens is 1. The van der Waals surface area contributed by atoms with E-state index in [0.29, 0.717) is 0 Å². The molecule has 6 nitrogen and oxygen atoms in total. The van der Waals surface area contributed by atoms with Crippen molar-refractivity contribution in [1.82, 2.24) is 4.98 Å². The molecule has 0 atom stereocenters. The van der Waals surface area contributed by atoms with E-state index in [9.17, 15) is 19.3 Å². The maximum atomic E-state index is 13.4. The van der Waals surface area contributed by atoms with Crippen molar-refractivity contribution in [2.24, 2.45) is 0 Å². The van der Waals surface area contributed by atoms with E-state index in [-0.39, 0.29) is 17.1 Å². The van der Waals surface area contributed by atoms with Gasteiger partial charge in [0, 0.05) is 17.5 Å². The number of nitrogens with one attached hydrogen (secondary N) is 1. The van der Waals surface area contributed by atoms with Crippen LogP contribution in [0.3, 0.4) is 0 Å². The second kappa shape index (κ2) is 4.88. The number of thiazole rings is 1. The van der Waals surface area contributed by atoms with E-state index in [2.05, 4.69) is 10.3 Å². The highest BCUT2D eigenvalue weighted by Gasteiger charge is 2.14. The van der Waals surface area contributed by atoms with E-state index in [1.54, 1.807) is 0 Å². The molecule has 0 aliphatic heterocycles. The number of carbonyl (C=O) groups is 1. The minimum Gasteiger partial charge on any atom is -0.318 e. The predicted molar refractivity (Wildman–Crippen MR) is 63.1 cm³/mol. The topological polar surface area (TPSA) is 85.1 Å². The molecule has 0 unspecified atom stereocenters. The van der Waals surface area contributed by atoms with Crippen LogP contribution in [0.4, 0.5) is 15.8 Å². The fraction of sp³-hybridized carbons (Fsp3) is 0. The Labute approximate surface area is 104 Å². The number of nitro groups is 1. The van der Waals surface area contributed by atoms with Crippen LogP contribution in [0.15, 0.2) is 29.1 Å². The van der Waals surface area contributed by atoms with Gasteiger partial charge in [0.15, 0.2) is 0 Å². The molecule has 8 heteroatoms. The van der Waals surface area contributed by atoms with Crippen molar-refractivity contribution >= 4 is 28.6 Å². The highest BCUT2D eigenvalue weighted by molar-refractivity contribution is 7.07. The number of nitrogens with zero attached hydrogens (tertiary/aromatic N) is 2. The largest absolute Gasteiger partial charge is 0.318 e. The van der Waals surface area contributed by atoms with Gasteiger partial charge in [-0.25, -0.2) is 9.37 Å². The first-order valence-corrected chi connectivity index (χ1v) is 5.65. The van der Waals surface area contributed by atoms with E-state index >= 15 is 0 Å². The average molecular weight is 267 g/mol. The second-order valence-electron chi connectivity index (χ2n) is 3.25. The van der Waals surface area contributed by atoms with Crippen LogP contribution < -0.4 is 5.32 Å². The number of hydrogen-bond donors (Lipinski definition) is 1. The lowest BCUT2D eigenvalue weighted by Gasteiger charge is -2.04. The first-order valence-electron chi connectivity index (χ1n) is 4.71. The maximum Gasteiger partial charge on any atom is 0.275 e. The van der Waals surface area contributed by atoms with Gasteiger partial charge >= 0.3 is 0 Å². The van der Waals surface area contributed by atoms with Crippen LogP contribution in [-0.2, 0) is 0 Å². The zero-order chi connectivity index (χ0) is 13.1. The van der Waals surface area contributed by atoms with E-state index in [0.717, 1.165) is 18.2 Å². The third-order valence-electron chi connectivity index (χ3n) is 2.07. The number of amides is 1. The maximum absolute atomic E-state index is 13.4. The summed E-state index contributed by atoms with van der Waals surface area (Å²) in [5.74, 6) is -1.36. The van der Waals surface area contributed by atoms with Gasteiger partial charge in [-0.15, -0.1) is 11.3 Å². The number of hydrogen-bond acceptors (Lipinski definition) is 5. The molecule has 1 aromatic carbocycles. The lowest BCUT2D eigenvalue weighted by atomic mass is 10.2. The third-order valence-corrected chi connectivity index (χ3v) is 2.66. The van der Waals surface area contributed by atoms with Crippen LogP contribution in [0.1, 0.15) is 10.5 Å². The van der Waals surface area contributed by atoms with Gasteiger partial charge in [-0.1, -0.05) is 0 Å². The molecule has 0 fully saturated rings. The molecular weight excluding hydrogens is 261 g/mol. The molecule has 2 aromatic rings. The normalized spacial score (nSPS) is 10.1. The SMILES string of the molecule is O=C(Nc1cc([N+](=O)[O-])ccc1F)c1cscn1. The first-order chi connectivity index (χ1) is 8.58. The Kier molecular flexibility index (Phi) is 3.28. The summed E-state index contributed by atoms with van der Waals surface area (Å²) in [6.45, 7) is 0. The minimum atomic E-state index is -0.746. The van der Waals surface area contributed by atoms with E-state index in [4.69, 9.17) is 0 Å². The van der Waals surface area contributed by atoms with Crippen molar-refractivity contribution in [2.45, 2.75) is 0 Å². The smallest absolute Gasteiger partial charge is 0.275 e. The van der Waals surface area contributed by atoms with Gasteiger partial charge in [-0.05, 0) is 6.07 Å². The Hall–Kier alpha value is -2.35. The van der Waals surface area contributed by atoms with Gasteiger partial charge < -0.3 is 5.32 Å². The van der Waals surface area contributed by atoms with Crippen molar-refractivity contribution in [2.75, 3.05) is 5.32 Å². The lowest BCUT2D eigenvalue weighted by molar-refractivity contribution is -0.384. The van der Waals surface area contributed by atoms with Gasteiger partial charge in [-0.2, -0.15) is 0 Å². The van der Waals surface area contributed by atoms with Gasteiger partial charge in [-0.3, -0.25) is 14.9 Å². The van der Waals surface area contributed by atoms with E-state index in [1.807, 2.05) is 0 Å². The summed E-state index contributed by atoms with van der Waals surface area (Å²) in [4.78, 5) is 25.2. The number of carbonyl (C=O) groups excluding carboxylic acids is 1. The van der Waals surface area contributed by atoms with E-state index in [1.165, 1.54) is 22.2 Å². The summed E-state index contributed by atoms with van der Waals surface area (Å²) >= 11 is 1.22. The zero-order valence-electron chi connectivity index (χ0n) is 8.79. The minimum absolute atomic E-state index is 0.130. The molecular formula is C10H6FN3O3S. The quantitative estimate of drug-likeness (QED) is 0.683. The highest BCUT2D eigenvalue weighted by Crippen LogP contribution is 2.21. The van der Waals surface area contributed by atoms with Crippen LogP contribution in [0, 0.1) is 15.9 Å².